The van der Waals surface area contributed by atoms with Crippen LogP contribution in [0.4, 0.5) is 0 Å². The van der Waals surface area contributed by atoms with Crippen LogP contribution in [0, 0.1) is 0 Å². The summed E-state index contributed by atoms with van der Waals surface area (Å²) < 4.78 is 6.54. The molecule has 0 radical (unpaired) electrons. The number of hydrogen-bond donors (Lipinski definition) is 1. The van der Waals surface area contributed by atoms with E-state index in [0.717, 1.165) is 5.69 Å². The Balaban J connectivity index is 1.86. The molecule has 1 saturated heterocycles. The second-order valence-electron chi connectivity index (χ2n) is 5.33. The van der Waals surface area contributed by atoms with Gasteiger partial charge < -0.3 is 14.2 Å². The number of aromatic nitrogens is 2. The highest BCUT2D eigenvalue weighted by molar-refractivity contribution is 6.36. The van der Waals surface area contributed by atoms with Crippen LogP contribution in [0.15, 0.2) is 18.5 Å². The highest BCUT2D eigenvalue weighted by Gasteiger charge is 2.36. The number of methoxy groups -OCH3 is 1. The predicted molar refractivity (Wildman–Crippen MR) is 82.0 cm³/mol. The molecule has 1 aliphatic heterocycles. The molecule has 2 aromatic rings. The molecule has 3 heterocycles. The van der Waals surface area contributed by atoms with E-state index >= 15 is 0 Å². The van der Waals surface area contributed by atoms with Crippen molar-refractivity contribution >= 4 is 34.8 Å². The minimum atomic E-state index is -0.542. The molecule has 0 amide bonds. The number of likely N-dealkylation sites (tertiary alicyclic amines) is 1. The number of aliphatic hydroxyl groups is 1. The molecule has 3 rings (SSSR count). The number of ether oxygens (including phenoxy) is 1. The van der Waals surface area contributed by atoms with E-state index in [2.05, 4.69) is 4.98 Å². The number of fused-ring (bicyclic) bond motifs is 1. The Morgan fingerprint density at radius 1 is 1.50 bits per heavy atom. The zero-order valence-electron chi connectivity index (χ0n) is 11.9. The maximum Gasteiger partial charge on any atom is 0.323 e. The first-order valence-electron chi connectivity index (χ1n) is 6.80. The molecule has 0 bridgehead atoms. The Labute approximate surface area is 137 Å². The quantitative estimate of drug-likeness (QED) is 0.860. The van der Waals surface area contributed by atoms with Gasteiger partial charge in [-0.15, -0.1) is 0 Å². The van der Waals surface area contributed by atoms with Gasteiger partial charge in [0.05, 0.1) is 29.0 Å². The lowest BCUT2D eigenvalue weighted by Gasteiger charge is -2.20. The third kappa shape index (κ3) is 2.92. The predicted octanol–water partition coefficient (Wildman–Crippen LogP) is 1.75. The molecule has 0 aliphatic carbocycles. The number of rotatable bonds is 3. The smallest absolute Gasteiger partial charge is 0.323 e. The summed E-state index contributed by atoms with van der Waals surface area (Å²) in [6.45, 7) is 0.828. The van der Waals surface area contributed by atoms with Gasteiger partial charge in [-0.1, -0.05) is 23.2 Å². The van der Waals surface area contributed by atoms with Gasteiger partial charge in [-0.25, -0.2) is 4.98 Å². The summed E-state index contributed by atoms with van der Waals surface area (Å²) in [6.07, 6.45) is 3.36. The van der Waals surface area contributed by atoms with Crippen molar-refractivity contribution in [2.24, 2.45) is 0 Å². The summed E-state index contributed by atoms with van der Waals surface area (Å²) in [6, 6.07) is 1.18. The average Bonchev–Trinajstić information content (AvgIpc) is 3.01. The number of imidazole rings is 1. The summed E-state index contributed by atoms with van der Waals surface area (Å²) in [5.74, 6) is -0.346. The number of aliphatic hydroxyl groups excluding tert-OH is 1. The minimum absolute atomic E-state index is 0.346. The molecule has 0 aromatic carbocycles. The van der Waals surface area contributed by atoms with Gasteiger partial charge in [-0.2, -0.15) is 0 Å². The average molecular weight is 344 g/mol. The van der Waals surface area contributed by atoms with Crippen LogP contribution < -0.4 is 0 Å². The number of carbonyl (C=O) groups excluding carboxylic acids is 1. The van der Waals surface area contributed by atoms with Gasteiger partial charge in [0.25, 0.3) is 0 Å². The molecule has 1 aliphatic rings. The molecule has 0 unspecified atom stereocenters. The normalized spacial score (nSPS) is 22.4. The van der Waals surface area contributed by atoms with Gasteiger partial charge in [0, 0.05) is 31.9 Å². The summed E-state index contributed by atoms with van der Waals surface area (Å²) in [5, 5.41) is 10.8. The van der Waals surface area contributed by atoms with E-state index in [1.54, 1.807) is 16.7 Å². The Hall–Kier alpha value is -1.34. The Bertz CT molecular complexity index is 719. The highest BCUT2D eigenvalue weighted by atomic mass is 35.5. The fraction of sp³-hybridized carbons (Fsp3) is 0.429. The minimum Gasteiger partial charge on any atom is -0.468 e. The second-order valence-corrected chi connectivity index (χ2v) is 6.17. The monoisotopic (exact) mass is 343 g/mol. The molecule has 0 saturated carbocycles. The first kappa shape index (κ1) is 15.6. The van der Waals surface area contributed by atoms with Crippen LogP contribution in [0.1, 0.15) is 12.1 Å². The van der Waals surface area contributed by atoms with Crippen LogP contribution in [0.5, 0.6) is 0 Å². The van der Waals surface area contributed by atoms with E-state index in [1.165, 1.54) is 7.11 Å². The fourth-order valence-electron chi connectivity index (χ4n) is 2.79. The molecule has 0 spiro atoms. The van der Waals surface area contributed by atoms with Crippen LogP contribution in [0.3, 0.4) is 0 Å². The van der Waals surface area contributed by atoms with E-state index in [1.807, 2.05) is 11.1 Å². The van der Waals surface area contributed by atoms with Gasteiger partial charge in [0.2, 0.25) is 0 Å². The fourth-order valence-corrected chi connectivity index (χ4v) is 3.32. The van der Waals surface area contributed by atoms with E-state index in [4.69, 9.17) is 27.9 Å². The van der Waals surface area contributed by atoms with Gasteiger partial charge in [0.1, 0.15) is 6.04 Å². The highest BCUT2D eigenvalue weighted by Crippen LogP contribution is 2.24. The van der Waals surface area contributed by atoms with Crippen LogP contribution in [-0.4, -0.2) is 51.2 Å². The molecule has 2 atom stereocenters. The Morgan fingerprint density at radius 3 is 3.00 bits per heavy atom. The van der Waals surface area contributed by atoms with Crippen molar-refractivity contribution in [3.05, 3.63) is 34.2 Å². The summed E-state index contributed by atoms with van der Waals surface area (Å²) in [5.41, 5.74) is 1.35. The van der Waals surface area contributed by atoms with Gasteiger partial charge >= 0.3 is 5.97 Å². The molecule has 1 fully saturated rings. The van der Waals surface area contributed by atoms with E-state index in [9.17, 15) is 9.90 Å². The van der Waals surface area contributed by atoms with Crippen molar-refractivity contribution in [3.8, 4) is 0 Å². The van der Waals surface area contributed by atoms with Crippen molar-refractivity contribution in [2.45, 2.75) is 25.1 Å². The van der Waals surface area contributed by atoms with Gasteiger partial charge in [-0.05, 0) is 6.07 Å². The number of carbonyl (C=O) groups is 1. The van der Waals surface area contributed by atoms with E-state index in [0.29, 0.717) is 35.2 Å². The molecule has 8 heteroatoms. The van der Waals surface area contributed by atoms with Crippen LogP contribution in [0.25, 0.3) is 5.65 Å². The maximum absolute atomic E-state index is 11.8. The van der Waals surface area contributed by atoms with Crippen LogP contribution >= 0.6 is 23.2 Å². The molecular weight excluding hydrogens is 329 g/mol. The zero-order chi connectivity index (χ0) is 15.9. The molecule has 22 heavy (non-hydrogen) atoms. The largest absolute Gasteiger partial charge is 0.468 e. The number of β-amino-alcohol motifs (C(OH)–C–C–N with tert-alkyl or cyclic N) is 1. The third-order valence-corrected chi connectivity index (χ3v) is 4.23. The van der Waals surface area contributed by atoms with Gasteiger partial charge in [0.15, 0.2) is 5.65 Å². The summed E-state index contributed by atoms with van der Waals surface area (Å²) >= 11 is 12.1. The Morgan fingerprint density at radius 2 is 2.27 bits per heavy atom. The van der Waals surface area contributed by atoms with Crippen molar-refractivity contribution in [3.63, 3.8) is 0 Å². The molecule has 1 N–H and O–H groups in total. The SMILES string of the molecule is COC(=O)[C@H]1C[C@@H](O)CN1Cc1cn2cc(Cl)cc(Cl)c2n1. The van der Waals surface area contributed by atoms with Crippen molar-refractivity contribution in [1.82, 2.24) is 14.3 Å². The number of nitrogens with zero attached hydrogens (tertiary/aromatic N) is 3. The van der Waals surface area contributed by atoms with Crippen molar-refractivity contribution in [1.29, 1.82) is 0 Å². The Kier molecular flexibility index (Phi) is 4.27. The number of esters is 1. The lowest BCUT2D eigenvalue weighted by atomic mass is 10.2. The molecular formula is C14H15Cl2N3O3. The zero-order valence-corrected chi connectivity index (χ0v) is 13.4. The van der Waals surface area contributed by atoms with Crippen molar-refractivity contribution < 1.29 is 14.6 Å². The third-order valence-electron chi connectivity index (χ3n) is 3.74. The maximum atomic E-state index is 11.8. The molecule has 118 valence electrons. The van der Waals surface area contributed by atoms with E-state index < -0.39 is 12.1 Å². The topological polar surface area (TPSA) is 67.1 Å². The number of hydrogen-bond acceptors (Lipinski definition) is 5. The standard InChI is InChI=1S/C14H15Cl2N3O3/c1-22-14(21)12-3-10(20)7-18(12)5-9-6-19-4-8(15)2-11(16)13(19)17-9/h2,4,6,10,12,20H,3,5,7H2,1H3/t10-,12-/m1/s1. The van der Waals surface area contributed by atoms with Crippen molar-refractivity contribution in [2.75, 3.05) is 13.7 Å². The summed E-state index contributed by atoms with van der Waals surface area (Å²) in [7, 11) is 1.35. The van der Waals surface area contributed by atoms with E-state index in [-0.39, 0.29) is 5.97 Å². The summed E-state index contributed by atoms with van der Waals surface area (Å²) in [4.78, 5) is 18.1. The lowest BCUT2D eigenvalue weighted by molar-refractivity contribution is -0.146. The molecule has 2 aromatic heterocycles. The van der Waals surface area contributed by atoms with Gasteiger partial charge in [-0.3, -0.25) is 9.69 Å². The first-order chi connectivity index (χ1) is 10.5. The second kappa shape index (κ2) is 6.04. The van der Waals surface area contributed by atoms with Crippen LogP contribution in [-0.2, 0) is 16.1 Å². The first-order valence-corrected chi connectivity index (χ1v) is 7.56. The molecule has 6 nitrogen and oxygen atoms in total. The number of pyridine rings is 1. The number of halogens is 2. The lowest BCUT2D eigenvalue weighted by Crippen LogP contribution is -2.36. The van der Waals surface area contributed by atoms with Crippen LogP contribution in [0.2, 0.25) is 10.0 Å².